The Morgan fingerprint density at radius 2 is 2.19 bits per heavy atom. The van der Waals surface area contributed by atoms with Gasteiger partial charge in [-0.1, -0.05) is 15.9 Å². The summed E-state index contributed by atoms with van der Waals surface area (Å²) >= 11 is 3.41. The molecule has 0 radical (unpaired) electrons. The molecule has 0 fully saturated rings. The topological polar surface area (TPSA) is 40.5 Å². The summed E-state index contributed by atoms with van der Waals surface area (Å²) in [7, 11) is 1.92. The molecule has 1 N–H and O–H groups in total. The number of benzene rings is 1. The van der Waals surface area contributed by atoms with Gasteiger partial charge in [-0.2, -0.15) is 0 Å². The van der Waals surface area contributed by atoms with Gasteiger partial charge in [0.25, 0.3) is 0 Å². The van der Waals surface area contributed by atoms with Crippen LogP contribution in [-0.2, 0) is 4.79 Å². The second-order valence-electron chi connectivity index (χ2n) is 3.99. The lowest BCUT2D eigenvalue weighted by Gasteiger charge is -2.27. The highest BCUT2D eigenvalue weighted by atomic mass is 79.9. The third-order valence-corrected chi connectivity index (χ3v) is 3.16. The molecule has 0 saturated heterocycles. The number of anilines is 1. The molecule has 0 amide bonds. The van der Waals surface area contributed by atoms with Crippen molar-refractivity contribution in [2.75, 3.05) is 11.9 Å². The van der Waals surface area contributed by atoms with Crippen LogP contribution in [0.15, 0.2) is 22.7 Å². The molecule has 0 bridgehead atoms. The quantitative estimate of drug-likeness (QED) is 0.924. The predicted octanol–water partition coefficient (Wildman–Crippen LogP) is 3.06. The van der Waals surface area contributed by atoms with Crippen LogP contribution in [0.1, 0.15) is 18.9 Å². The first-order chi connectivity index (χ1) is 7.41. The van der Waals surface area contributed by atoms with Gasteiger partial charge >= 0.3 is 5.97 Å². The fourth-order valence-electron chi connectivity index (χ4n) is 1.64. The second-order valence-corrected chi connectivity index (χ2v) is 4.90. The van der Waals surface area contributed by atoms with Gasteiger partial charge in [-0.15, -0.1) is 0 Å². The van der Waals surface area contributed by atoms with Crippen molar-refractivity contribution in [3.05, 3.63) is 28.2 Å². The summed E-state index contributed by atoms with van der Waals surface area (Å²) in [4.78, 5) is 12.6. The van der Waals surface area contributed by atoms with Crippen molar-refractivity contribution in [1.82, 2.24) is 0 Å². The number of aliphatic carboxylic acids is 1. The fraction of sp³-hybridized carbons (Fsp3) is 0.417. The van der Waals surface area contributed by atoms with E-state index in [1.54, 1.807) is 0 Å². The van der Waals surface area contributed by atoms with Gasteiger partial charge in [0.05, 0.1) is 6.42 Å². The molecule has 0 aliphatic carbocycles. The van der Waals surface area contributed by atoms with Gasteiger partial charge in [0.1, 0.15) is 0 Å². The van der Waals surface area contributed by atoms with Crippen molar-refractivity contribution in [2.45, 2.75) is 26.3 Å². The Bertz CT molecular complexity index is 393. The molecule has 0 aliphatic heterocycles. The Labute approximate surface area is 104 Å². The molecule has 0 aromatic heterocycles. The molecule has 0 spiro atoms. The number of rotatable bonds is 4. The van der Waals surface area contributed by atoms with E-state index < -0.39 is 5.97 Å². The number of carbonyl (C=O) groups is 1. The maximum absolute atomic E-state index is 10.7. The summed E-state index contributed by atoms with van der Waals surface area (Å²) in [6.45, 7) is 3.93. The van der Waals surface area contributed by atoms with E-state index in [9.17, 15) is 4.79 Å². The highest BCUT2D eigenvalue weighted by molar-refractivity contribution is 9.10. The van der Waals surface area contributed by atoms with Crippen LogP contribution in [0.25, 0.3) is 0 Å². The van der Waals surface area contributed by atoms with E-state index in [4.69, 9.17) is 5.11 Å². The normalized spacial score (nSPS) is 12.2. The zero-order valence-electron chi connectivity index (χ0n) is 9.70. The Morgan fingerprint density at radius 1 is 1.56 bits per heavy atom. The van der Waals surface area contributed by atoms with Crippen molar-refractivity contribution in [3.8, 4) is 0 Å². The van der Waals surface area contributed by atoms with Crippen LogP contribution in [-0.4, -0.2) is 24.2 Å². The van der Waals surface area contributed by atoms with Crippen LogP contribution in [0.4, 0.5) is 5.69 Å². The van der Waals surface area contributed by atoms with E-state index in [0.717, 1.165) is 15.7 Å². The largest absolute Gasteiger partial charge is 0.481 e. The lowest BCUT2D eigenvalue weighted by molar-refractivity contribution is -0.137. The van der Waals surface area contributed by atoms with Crippen molar-refractivity contribution in [3.63, 3.8) is 0 Å². The fourth-order valence-corrected chi connectivity index (χ4v) is 2.12. The molecule has 1 aromatic carbocycles. The molecular weight excluding hydrogens is 270 g/mol. The lowest BCUT2D eigenvalue weighted by Crippen LogP contribution is -2.31. The van der Waals surface area contributed by atoms with Crippen LogP contribution >= 0.6 is 15.9 Å². The van der Waals surface area contributed by atoms with Crippen molar-refractivity contribution in [2.24, 2.45) is 0 Å². The molecule has 1 atom stereocenters. The number of carboxylic acids is 1. The molecule has 16 heavy (non-hydrogen) atoms. The minimum atomic E-state index is -0.769. The van der Waals surface area contributed by atoms with Crippen LogP contribution < -0.4 is 4.90 Å². The Balaban J connectivity index is 2.87. The summed E-state index contributed by atoms with van der Waals surface area (Å²) in [5.74, 6) is -0.769. The van der Waals surface area contributed by atoms with Crippen molar-refractivity contribution < 1.29 is 9.90 Å². The average Bonchev–Trinajstić information content (AvgIpc) is 2.15. The number of halogens is 1. The first kappa shape index (κ1) is 13.0. The van der Waals surface area contributed by atoms with E-state index in [0.29, 0.717) is 0 Å². The highest BCUT2D eigenvalue weighted by Crippen LogP contribution is 2.24. The van der Waals surface area contributed by atoms with Gasteiger partial charge in [-0.3, -0.25) is 4.79 Å². The maximum atomic E-state index is 10.7. The lowest BCUT2D eigenvalue weighted by atomic mass is 10.1. The molecule has 1 aromatic rings. The molecule has 0 heterocycles. The Morgan fingerprint density at radius 3 is 2.69 bits per heavy atom. The zero-order chi connectivity index (χ0) is 12.3. The smallest absolute Gasteiger partial charge is 0.305 e. The number of nitrogens with zero attached hydrogens (tertiary/aromatic N) is 1. The molecular formula is C12H16BrNO2. The number of aryl methyl sites for hydroxylation is 1. The summed E-state index contributed by atoms with van der Waals surface area (Å²) in [5.41, 5.74) is 2.20. The van der Waals surface area contributed by atoms with E-state index in [1.165, 1.54) is 0 Å². The first-order valence-corrected chi connectivity index (χ1v) is 5.92. The molecule has 88 valence electrons. The van der Waals surface area contributed by atoms with Crippen LogP contribution in [0, 0.1) is 6.92 Å². The van der Waals surface area contributed by atoms with E-state index in [2.05, 4.69) is 15.9 Å². The average molecular weight is 286 g/mol. The third kappa shape index (κ3) is 3.23. The number of hydrogen-bond acceptors (Lipinski definition) is 2. The minimum Gasteiger partial charge on any atom is -0.481 e. The van der Waals surface area contributed by atoms with E-state index in [-0.39, 0.29) is 12.5 Å². The van der Waals surface area contributed by atoms with E-state index >= 15 is 0 Å². The number of hydrogen-bond donors (Lipinski definition) is 1. The standard InChI is InChI=1S/C12H16BrNO2/c1-8-6-10(13)4-5-11(8)14(3)9(2)7-12(15)16/h4-6,9H,7H2,1-3H3,(H,15,16). The van der Waals surface area contributed by atoms with Crippen LogP contribution in [0.3, 0.4) is 0 Å². The molecule has 4 heteroatoms. The maximum Gasteiger partial charge on any atom is 0.305 e. The zero-order valence-corrected chi connectivity index (χ0v) is 11.3. The number of carboxylic acid groups (broad SMARTS) is 1. The first-order valence-electron chi connectivity index (χ1n) is 5.12. The van der Waals surface area contributed by atoms with Crippen LogP contribution in [0.2, 0.25) is 0 Å². The Kier molecular flexibility index (Phi) is 4.35. The molecule has 3 nitrogen and oxygen atoms in total. The van der Waals surface area contributed by atoms with Gasteiger partial charge in [0, 0.05) is 23.2 Å². The Hall–Kier alpha value is -1.03. The summed E-state index contributed by atoms with van der Waals surface area (Å²) in [5, 5.41) is 8.76. The van der Waals surface area contributed by atoms with Gasteiger partial charge in [0.2, 0.25) is 0 Å². The molecule has 1 unspecified atom stereocenters. The van der Waals surface area contributed by atoms with Gasteiger partial charge in [-0.05, 0) is 37.6 Å². The van der Waals surface area contributed by atoms with Gasteiger partial charge in [0.15, 0.2) is 0 Å². The highest BCUT2D eigenvalue weighted by Gasteiger charge is 2.15. The van der Waals surface area contributed by atoms with Crippen molar-refractivity contribution >= 4 is 27.6 Å². The summed E-state index contributed by atoms with van der Waals surface area (Å²) in [6.07, 6.45) is 0.145. The molecule has 0 saturated carbocycles. The SMILES string of the molecule is Cc1cc(Br)ccc1N(C)C(C)CC(=O)O. The van der Waals surface area contributed by atoms with E-state index in [1.807, 2.05) is 44.0 Å². The van der Waals surface area contributed by atoms with Crippen LogP contribution in [0.5, 0.6) is 0 Å². The van der Waals surface area contributed by atoms with Crippen molar-refractivity contribution in [1.29, 1.82) is 0 Å². The summed E-state index contributed by atoms with van der Waals surface area (Å²) in [6, 6.07) is 5.97. The monoisotopic (exact) mass is 285 g/mol. The predicted molar refractivity (Wildman–Crippen MR) is 69.0 cm³/mol. The molecule has 1 rings (SSSR count). The van der Waals surface area contributed by atoms with Gasteiger partial charge < -0.3 is 10.0 Å². The third-order valence-electron chi connectivity index (χ3n) is 2.67. The summed E-state index contributed by atoms with van der Waals surface area (Å²) < 4.78 is 1.04. The minimum absolute atomic E-state index is 0.0163. The second kappa shape index (κ2) is 5.34. The molecule has 0 aliphatic rings. The van der Waals surface area contributed by atoms with Gasteiger partial charge in [-0.25, -0.2) is 0 Å².